The van der Waals surface area contributed by atoms with E-state index in [1.165, 1.54) is 5.56 Å². The summed E-state index contributed by atoms with van der Waals surface area (Å²) in [4.78, 5) is 0. The fourth-order valence-electron chi connectivity index (χ4n) is 1.33. The van der Waals surface area contributed by atoms with Gasteiger partial charge in [-0.3, -0.25) is 0 Å². The van der Waals surface area contributed by atoms with E-state index in [-0.39, 0.29) is 0 Å². The lowest BCUT2D eigenvalue weighted by molar-refractivity contribution is 0.159. The van der Waals surface area contributed by atoms with Crippen LogP contribution in [0.15, 0.2) is 30.3 Å². The van der Waals surface area contributed by atoms with Crippen LogP contribution in [0.1, 0.15) is 24.8 Å². The topological polar surface area (TPSA) is 32.3 Å². The van der Waals surface area contributed by atoms with Gasteiger partial charge in [-0.2, -0.15) is 0 Å². The summed E-state index contributed by atoms with van der Waals surface area (Å²) >= 11 is 0. The SMILES string of the molecule is CCC(CNO)c1ccccc1. The zero-order valence-electron chi connectivity index (χ0n) is 7.33. The molecule has 0 heterocycles. The van der Waals surface area contributed by atoms with Crippen molar-refractivity contribution in [2.75, 3.05) is 6.54 Å². The van der Waals surface area contributed by atoms with Crippen molar-refractivity contribution < 1.29 is 5.21 Å². The minimum Gasteiger partial charge on any atom is -0.317 e. The Morgan fingerprint density at radius 2 is 2.00 bits per heavy atom. The van der Waals surface area contributed by atoms with E-state index in [2.05, 4.69) is 24.5 Å². The van der Waals surface area contributed by atoms with Crippen molar-refractivity contribution in [2.45, 2.75) is 19.3 Å². The lowest BCUT2D eigenvalue weighted by Gasteiger charge is -2.13. The third-order valence-corrected chi connectivity index (χ3v) is 2.10. The van der Waals surface area contributed by atoms with Gasteiger partial charge < -0.3 is 5.21 Å². The highest BCUT2D eigenvalue weighted by molar-refractivity contribution is 5.19. The number of nitrogens with one attached hydrogen (secondary N) is 1. The second kappa shape index (κ2) is 4.91. The summed E-state index contributed by atoms with van der Waals surface area (Å²) < 4.78 is 0. The van der Waals surface area contributed by atoms with E-state index in [1.807, 2.05) is 18.2 Å². The molecule has 0 radical (unpaired) electrons. The van der Waals surface area contributed by atoms with E-state index in [9.17, 15) is 0 Å². The summed E-state index contributed by atoms with van der Waals surface area (Å²) in [6.07, 6.45) is 1.04. The summed E-state index contributed by atoms with van der Waals surface area (Å²) in [5.41, 5.74) is 3.50. The number of hydrogen-bond acceptors (Lipinski definition) is 2. The van der Waals surface area contributed by atoms with Crippen LogP contribution >= 0.6 is 0 Å². The van der Waals surface area contributed by atoms with Crippen molar-refractivity contribution in [2.24, 2.45) is 0 Å². The molecular formula is C10H15NO. The van der Waals surface area contributed by atoms with Crippen LogP contribution in [0, 0.1) is 0 Å². The molecule has 66 valence electrons. The number of hydroxylamine groups is 1. The maximum atomic E-state index is 8.58. The van der Waals surface area contributed by atoms with E-state index in [4.69, 9.17) is 5.21 Å². The minimum atomic E-state index is 0.413. The van der Waals surface area contributed by atoms with Gasteiger partial charge in [-0.05, 0) is 17.9 Å². The van der Waals surface area contributed by atoms with Gasteiger partial charge in [0, 0.05) is 6.54 Å². The summed E-state index contributed by atoms with van der Waals surface area (Å²) in [5.74, 6) is 0.413. The molecule has 12 heavy (non-hydrogen) atoms. The van der Waals surface area contributed by atoms with Crippen molar-refractivity contribution in [1.29, 1.82) is 0 Å². The molecule has 0 saturated heterocycles. The Hall–Kier alpha value is -0.860. The van der Waals surface area contributed by atoms with Gasteiger partial charge in [0.25, 0.3) is 0 Å². The van der Waals surface area contributed by atoms with Crippen molar-refractivity contribution in [1.82, 2.24) is 5.48 Å². The van der Waals surface area contributed by atoms with Crippen LogP contribution in [-0.2, 0) is 0 Å². The van der Waals surface area contributed by atoms with E-state index in [0.29, 0.717) is 12.5 Å². The van der Waals surface area contributed by atoms with Gasteiger partial charge in [-0.25, -0.2) is 5.48 Å². The van der Waals surface area contributed by atoms with E-state index in [0.717, 1.165) is 6.42 Å². The Morgan fingerprint density at radius 3 is 2.50 bits per heavy atom. The first kappa shape index (κ1) is 9.23. The van der Waals surface area contributed by atoms with Crippen LogP contribution in [0.3, 0.4) is 0 Å². The van der Waals surface area contributed by atoms with Gasteiger partial charge >= 0.3 is 0 Å². The number of rotatable bonds is 4. The van der Waals surface area contributed by atoms with Gasteiger partial charge in [0.2, 0.25) is 0 Å². The molecule has 0 aromatic heterocycles. The molecule has 0 bridgehead atoms. The third-order valence-electron chi connectivity index (χ3n) is 2.10. The fourth-order valence-corrected chi connectivity index (χ4v) is 1.33. The van der Waals surface area contributed by atoms with Gasteiger partial charge in [0.1, 0.15) is 0 Å². The predicted molar refractivity (Wildman–Crippen MR) is 49.3 cm³/mol. The summed E-state index contributed by atoms with van der Waals surface area (Å²) in [6, 6.07) is 10.2. The average molecular weight is 165 g/mol. The molecule has 0 amide bonds. The monoisotopic (exact) mass is 165 g/mol. The molecule has 0 fully saturated rings. The molecule has 1 atom stereocenters. The molecule has 0 aliphatic carbocycles. The van der Waals surface area contributed by atoms with E-state index in [1.54, 1.807) is 0 Å². The maximum absolute atomic E-state index is 8.58. The van der Waals surface area contributed by atoms with Crippen LogP contribution in [-0.4, -0.2) is 11.8 Å². The maximum Gasteiger partial charge on any atom is 0.0276 e. The molecule has 2 heteroatoms. The number of hydrogen-bond donors (Lipinski definition) is 2. The van der Waals surface area contributed by atoms with Crippen molar-refractivity contribution in [3.8, 4) is 0 Å². The van der Waals surface area contributed by atoms with Crippen LogP contribution < -0.4 is 5.48 Å². The lowest BCUT2D eigenvalue weighted by Crippen LogP contribution is -2.17. The van der Waals surface area contributed by atoms with Crippen molar-refractivity contribution in [3.63, 3.8) is 0 Å². The lowest BCUT2D eigenvalue weighted by atomic mass is 9.97. The Labute approximate surface area is 73.2 Å². The molecule has 1 aromatic rings. The molecule has 1 aromatic carbocycles. The van der Waals surface area contributed by atoms with E-state index < -0.39 is 0 Å². The van der Waals surface area contributed by atoms with Gasteiger partial charge in [-0.1, -0.05) is 37.3 Å². The second-order valence-corrected chi connectivity index (χ2v) is 2.88. The summed E-state index contributed by atoms with van der Waals surface area (Å²) in [6.45, 7) is 2.75. The standard InChI is InChI=1S/C10H15NO/c1-2-9(8-11-12)10-6-4-3-5-7-10/h3-7,9,11-12H,2,8H2,1H3. The molecule has 0 saturated carbocycles. The first-order valence-corrected chi connectivity index (χ1v) is 4.30. The van der Waals surface area contributed by atoms with E-state index >= 15 is 0 Å². The van der Waals surface area contributed by atoms with Crippen LogP contribution in [0.25, 0.3) is 0 Å². The largest absolute Gasteiger partial charge is 0.317 e. The van der Waals surface area contributed by atoms with Crippen LogP contribution in [0.5, 0.6) is 0 Å². The minimum absolute atomic E-state index is 0.413. The Morgan fingerprint density at radius 1 is 1.33 bits per heavy atom. The van der Waals surface area contributed by atoms with Crippen molar-refractivity contribution >= 4 is 0 Å². The van der Waals surface area contributed by atoms with Gasteiger partial charge in [-0.15, -0.1) is 0 Å². The molecule has 1 rings (SSSR count). The molecule has 1 unspecified atom stereocenters. The zero-order valence-corrected chi connectivity index (χ0v) is 7.33. The highest BCUT2D eigenvalue weighted by Crippen LogP contribution is 2.17. The molecule has 0 aliphatic rings. The smallest absolute Gasteiger partial charge is 0.0276 e. The first-order chi connectivity index (χ1) is 5.88. The molecule has 0 spiro atoms. The third kappa shape index (κ3) is 2.32. The Balaban J connectivity index is 2.66. The second-order valence-electron chi connectivity index (χ2n) is 2.88. The zero-order chi connectivity index (χ0) is 8.81. The quantitative estimate of drug-likeness (QED) is 0.670. The molecule has 2 N–H and O–H groups in total. The van der Waals surface area contributed by atoms with Crippen molar-refractivity contribution in [3.05, 3.63) is 35.9 Å². The summed E-state index contributed by atoms with van der Waals surface area (Å²) in [5, 5.41) is 8.58. The Bertz CT molecular complexity index is 210. The van der Waals surface area contributed by atoms with Gasteiger partial charge in [0.05, 0.1) is 0 Å². The predicted octanol–water partition coefficient (Wildman–Crippen LogP) is 2.16. The highest BCUT2D eigenvalue weighted by atomic mass is 16.5. The molecular weight excluding hydrogens is 150 g/mol. The first-order valence-electron chi connectivity index (χ1n) is 4.30. The average Bonchev–Trinajstić information content (AvgIpc) is 2.15. The molecule has 2 nitrogen and oxygen atoms in total. The normalized spacial score (nSPS) is 12.8. The van der Waals surface area contributed by atoms with Crippen LogP contribution in [0.4, 0.5) is 0 Å². The molecule has 0 aliphatic heterocycles. The highest BCUT2D eigenvalue weighted by Gasteiger charge is 2.06. The fraction of sp³-hybridized carbons (Fsp3) is 0.400. The Kier molecular flexibility index (Phi) is 3.77. The summed E-state index contributed by atoms with van der Waals surface area (Å²) in [7, 11) is 0. The number of benzene rings is 1. The van der Waals surface area contributed by atoms with Gasteiger partial charge in [0.15, 0.2) is 0 Å². The van der Waals surface area contributed by atoms with Crippen LogP contribution in [0.2, 0.25) is 0 Å².